The lowest BCUT2D eigenvalue weighted by atomic mass is 9.81. The van der Waals surface area contributed by atoms with E-state index in [4.69, 9.17) is 4.74 Å². The minimum atomic E-state index is -0.767. The van der Waals surface area contributed by atoms with Gasteiger partial charge in [-0.05, 0) is 30.7 Å². The minimum Gasteiger partial charge on any atom is -0.481 e. The molecule has 2 fully saturated rings. The molecule has 1 aliphatic carbocycles. The first-order valence-corrected chi connectivity index (χ1v) is 8.89. The van der Waals surface area contributed by atoms with Gasteiger partial charge in [0.25, 0.3) is 0 Å². The molecular weight excluding hydrogens is 322 g/mol. The Labute approximate surface area is 147 Å². The van der Waals surface area contributed by atoms with Crippen molar-refractivity contribution in [2.24, 2.45) is 11.3 Å². The maximum absolute atomic E-state index is 12.4. The van der Waals surface area contributed by atoms with Gasteiger partial charge in [-0.1, -0.05) is 19.4 Å². The van der Waals surface area contributed by atoms with Gasteiger partial charge in [0.15, 0.2) is 0 Å². The SMILES string of the molecule is CCCOc1ccc(CNC(=O)N2C[C@@H]3CCC[C@@]3(C(=O)O)C2)cn1. The first kappa shape index (κ1) is 17.5. The molecule has 7 nitrogen and oxygen atoms in total. The number of carboxylic acid groups (broad SMARTS) is 1. The zero-order chi connectivity index (χ0) is 17.9. The predicted molar refractivity (Wildman–Crippen MR) is 91.2 cm³/mol. The van der Waals surface area contributed by atoms with Crippen molar-refractivity contribution in [2.75, 3.05) is 19.7 Å². The van der Waals surface area contributed by atoms with E-state index >= 15 is 0 Å². The fourth-order valence-electron chi connectivity index (χ4n) is 3.89. The number of nitrogens with one attached hydrogen (secondary N) is 1. The summed E-state index contributed by atoms with van der Waals surface area (Å²) < 4.78 is 5.43. The summed E-state index contributed by atoms with van der Waals surface area (Å²) >= 11 is 0. The van der Waals surface area contributed by atoms with Crippen molar-refractivity contribution < 1.29 is 19.4 Å². The molecule has 7 heteroatoms. The van der Waals surface area contributed by atoms with E-state index in [-0.39, 0.29) is 11.9 Å². The van der Waals surface area contributed by atoms with Crippen LogP contribution < -0.4 is 10.1 Å². The molecule has 1 aliphatic heterocycles. The second kappa shape index (κ2) is 7.29. The van der Waals surface area contributed by atoms with Crippen LogP contribution in [0, 0.1) is 11.3 Å². The molecule has 136 valence electrons. The minimum absolute atomic E-state index is 0.0763. The van der Waals surface area contributed by atoms with E-state index in [2.05, 4.69) is 10.3 Å². The zero-order valence-electron chi connectivity index (χ0n) is 14.5. The normalized spacial score (nSPS) is 24.8. The topological polar surface area (TPSA) is 91.8 Å². The maximum Gasteiger partial charge on any atom is 0.317 e. The zero-order valence-corrected chi connectivity index (χ0v) is 14.5. The molecule has 1 saturated carbocycles. The first-order valence-electron chi connectivity index (χ1n) is 8.89. The van der Waals surface area contributed by atoms with E-state index in [1.165, 1.54) is 0 Å². The van der Waals surface area contributed by atoms with Gasteiger partial charge in [-0.3, -0.25) is 4.79 Å². The summed E-state index contributed by atoms with van der Waals surface area (Å²) in [5, 5.41) is 12.5. The first-order chi connectivity index (χ1) is 12.0. The Hall–Kier alpha value is -2.31. The second-order valence-corrected chi connectivity index (χ2v) is 6.94. The molecule has 1 saturated heterocycles. The van der Waals surface area contributed by atoms with Crippen LogP contribution in [-0.2, 0) is 11.3 Å². The lowest BCUT2D eigenvalue weighted by Gasteiger charge is -2.23. The van der Waals surface area contributed by atoms with Crippen molar-refractivity contribution >= 4 is 12.0 Å². The molecule has 2 amide bonds. The lowest BCUT2D eigenvalue weighted by Crippen LogP contribution is -2.41. The van der Waals surface area contributed by atoms with E-state index in [9.17, 15) is 14.7 Å². The number of amides is 2. The van der Waals surface area contributed by atoms with Crippen molar-refractivity contribution in [3.8, 4) is 5.88 Å². The van der Waals surface area contributed by atoms with Gasteiger partial charge < -0.3 is 20.1 Å². The van der Waals surface area contributed by atoms with Crippen molar-refractivity contribution in [1.29, 1.82) is 0 Å². The molecule has 2 atom stereocenters. The second-order valence-electron chi connectivity index (χ2n) is 6.94. The quantitative estimate of drug-likeness (QED) is 0.823. The van der Waals surface area contributed by atoms with Crippen LogP contribution in [0.5, 0.6) is 5.88 Å². The predicted octanol–water partition coefficient (Wildman–Crippen LogP) is 2.27. The Kier molecular flexibility index (Phi) is 5.11. The Morgan fingerprint density at radius 1 is 1.48 bits per heavy atom. The van der Waals surface area contributed by atoms with Crippen molar-refractivity contribution in [3.63, 3.8) is 0 Å². The highest BCUT2D eigenvalue weighted by Gasteiger charge is 2.55. The average Bonchev–Trinajstić information content (AvgIpc) is 3.17. The Morgan fingerprint density at radius 2 is 2.32 bits per heavy atom. The number of pyridine rings is 1. The summed E-state index contributed by atoms with van der Waals surface area (Å²) in [6, 6.07) is 3.45. The molecule has 0 radical (unpaired) electrons. The number of likely N-dealkylation sites (tertiary alicyclic amines) is 1. The molecular formula is C18H25N3O4. The maximum atomic E-state index is 12.4. The van der Waals surface area contributed by atoms with Crippen LogP contribution in [0.25, 0.3) is 0 Å². The third-order valence-corrected chi connectivity index (χ3v) is 5.28. The number of carbonyl (C=O) groups excluding carboxylic acids is 1. The van der Waals surface area contributed by atoms with Gasteiger partial charge in [0, 0.05) is 31.9 Å². The van der Waals surface area contributed by atoms with Crippen LogP contribution in [0.15, 0.2) is 18.3 Å². The molecule has 0 spiro atoms. The number of carbonyl (C=O) groups is 2. The van der Waals surface area contributed by atoms with Gasteiger partial charge in [-0.2, -0.15) is 0 Å². The summed E-state index contributed by atoms with van der Waals surface area (Å²) in [5.74, 6) is -0.114. The fourth-order valence-corrected chi connectivity index (χ4v) is 3.89. The number of rotatable bonds is 6. The average molecular weight is 347 g/mol. The number of hydrogen-bond acceptors (Lipinski definition) is 4. The molecule has 0 aromatic carbocycles. The van der Waals surface area contributed by atoms with Crippen molar-refractivity contribution in [2.45, 2.75) is 39.2 Å². The number of urea groups is 1. The highest BCUT2D eigenvalue weighted by Crippen LogP contribution is 2.48. The summed E-state index contributed by atoms with van der Waals surface area (Å²) in [6.07, 6.45) is 5.10. The Balaban J connectivity index is 1.52. The number of nitrogens with zero attached hydrogens (tertiary/aromatic N) is 2. The third kappa shape index (κ3) is 3.55. The number of carboxylic acids is 1. The molecule has 1 aromatic rings. The van der Waals surface area contributed by atoms with E-state index in [0.717, 1.165) is 24.8 Å². The van der Waals surface area contributed by atoms with Gasteiger partial charge in [-0.25, -0.2) is 9.78 Å². The summed E-state index contributed by atoms with van der Waals surface area (Å²) in [5.41, 5.74) is 0.140. The molecule has 2 aliphatic rings. The molecule has 25 heavy (non-hydrogen) atoms. The number of aromatic nitrogens is 1. The monoisotopic (exact) mass is 347 g/mol. The van der Waals surface area contributed by atoms with Crippen LogP contribution in [-0.4, -0.2) is 46.7 Å². The summed E-state index contributed by atoms with van der Waals surface area (Å²) in [6.45, 7) is 3.86. The summed E-state index contributed by atoms with van der Waals surface area (Å²) in [7, 11) is 0. The lowest BCUT2D eigenvalue weighted by molar-refractivity contribution is -0.149. The molecule has 0 unspecified atom stereocenters. The summed E-state index contributed by atoms with van der Waals surface area (Å²) in [4.78, 5) is 29.9. The van der Waals surface area contributed by atoms with Crippen molar-refractivity contribution in [1.82, 2.24) is 15.2 Å². The van der Waals surface area contributed by atoms with Crippen LogP contribution in [0.4, 0.5) is 4.79 Å². The van der Waals surface area contributed by atoms with E-state index in [1.807, 2.05) is 13.0 Å². The highest BCUT2D eigenvalue weighted by molar-refractivity contribution is 5.80. The standard InChI is InChI=1S/C18H25N3O4/c1-2-8-25-15-6-5-13(9-19-15)10-20-17(24)21-11-14-4-3-7-18(14,12-21)16(22)23/h5-6,9,14H,2-4,7-8,10-12H2,1H3,(H,20,24)(H,22,23)/t14-,18+/m0/s1. The largest absolute Gasteiger partial charge is 0.481 e. The van der Waals surface area contributed by atoms with Crippen molar-refractivity contribution in [3.05, 3.63) is 23.9 Å². The van der Waals surface area contributed by atoms with Crippen LogP contribution in [0.3, 0.4) is 0 Å². The van der Waals surface area contributed by atoms with Gasteiger partial charge in [0.1, 0.15) is 0 Å². The molecule has 0 bridgehead atoms. The molecule has 2 N–H and O–H groups in total. The molecule has 1 aromatic heterocycles. The molecule has 2 heterocycles. The van der Waals surface area contributed by atoms with Gasteiger partial charge in [0.2, 0.25) is 5.88 Å². The van der Waals surface area contributed by atoms with E-state index in [0.29, 0.717) is 38.5 Å². The van der Waals surface area contributed by atoms with Crippen LogP contribution in [0.2, 0.25) is 0 Å². The number of ether oxygens (including phenoxy) is 1. The third-order valence-electron chi connectivity index (χ3n) is 5.28. The van der Waals surface area contributed by atoms with Gasteiger partial charge in [0.05, 0.1) is 12.0 Å². The fraction of sp³-hybridized carbons (Fsp3) is 0.611. The van der Waals surface area contributed by atoms with E-state index < -0.39 is 11.4 Å². The number of aliphatic carboxylic acids is 1. The van der Waals surface area contributed by atoms with Crippen LogP contribution >= 0.6 is 0 Å². The highest BCUT2D eigenvalue weighted by atomic mass is 16.5. The smallest absolute Gasteiger partial charge is 0.317 e. The Morgan fingerprint density at radius 3 is 2.96 bits per heavy atom. The number of fused-ring (bicyclic) bond motifs is 1. The van der Waals surface area contributed by atoms with Gasteiger partial charge in [-0.15, -0.1) is 0 Å². The number of hydrogen-bond donors (Lipinski definition) is 2. The van der Waals surface area contributed by atoms with Gasteiger partial charge >= 0.3 is 12.0 Å². The van der Waals surface area contributed by atoms with E-state index in [1.54, 1.807) is 17.2 Å². The van der Waals surface area contributed by atoms with Crippen LogP contribution in [0.1, 0.15) is 38.2 Å². The molecule has 3 rings (SSSR count). The Bertz CT molecular complexity index is 634.